The molecule has 0 fully saturated rings. The molecule has 0 aliphatic carbocycles. The van der Waals surface area contributed by atoms with Gasteiger partial charge in [0.15, 0.2) is 0 Å². The second kappa shape index (κ2) is 6.39. The number of hydrogen-bond donors (Lipinski definition) is 2. The Morgan fingerprint density at radius 2 is 2.05 bits per heavy atom. The SMILES string of the molecule is N#CCc1ccc(S(=O)(=O)NCCn2cc(N)cn2)cc1. The van der Waals surface area contributed by atoms with Gasteiger partial charge in [-0.2, -0.15) is 10.4 Å². The number of nitriles is 1. The van der Waals surface area contributed by atoms with Crippen LogP contribution in [0.4, 0.5) is 5.69 Å². The van der Waals surface area contributed by atoms with Gasteiger partial charge in [0.2, 0.25) is 10.0 Å². The van der Waals surface area contributed by atoms with Crippen LogP contribution in [0.1, 0.15) is 5.56 Å². The lowest BCUT2D eigenvalue weighted by atomic mass is 10.2. The topological polar surface area (TPSA) is 114 Å². The number of nitrogens with zero attached hydrogens (tertiary/aromatic N) is 3. The van der Waals surface area contributed by atoms with Gasteiger partial charge in [0.05, 0.1) is 35.8 Å². The number of nitrogens with two attached hydrogens (primary N) is 1. The Balaban J connectivity index is 1.96. The fraction of sp³-hybridized carbons (Fsp3) is 0.231. The molecule has 0 amide bonds. The van der Waals surface area contributed by atoms with Crippen molar-refractivity contribution >= 4 is 15.7 Å². The summed E-state index contributed by atoms with van der Waals surface area (Å²) in [4.78, 5) is 0.171. The number of anilines is 1. The summed E-state index contributed by atoms with van der Waals surface area (Å²) in [5.74, 6) is 0. The molecule has 0 spiro atoms. The number of rotatable bonds is 6. The maximum absolute atomic E-state index is 12.1. The van der Waals surface area contributed by atoms with E-state index < -0.39 is 10.0 Å². The molecule has 1 heterocycles. The van der Waals surface area contributed by atoms with E-state index in [1.54, 1.807) is 23.0 Å². The van der Waals surface area contributed by atoms with Crippen molar-refractivity contribution in [1.29, 1.82) is 5.26 Å². The molecule has 2 aromatic rings. The first-order chi connectivity index (χ1) is 10.0. The van der Waals surface area contributed by atoms with Gasteiger partial charge in [0.25, 0.3) is 0 Å². The zero-order valence-electron chi connectivity index (χ0n) is 11.2. The average molecular weight is 305 g/mol. The maximum Gasteiger partial charge on any atom is 0.240 e. The van der Waals surface area contributed by atoms with Gasteiger partial charge >= 0.3 is 0 Å². The quantitative estimate of drug-likeness (QED) is 0.807. The third-order valence-corrected chi connectivity index (χ3v) is 4.28. The lowest BCUT2D eigenvalue weighted by Crippen LogP contribution is -2.27. The van der Waals surface area contributed by atoms with E-state index in [0.717, 1.165) is 5.56 Å². The van der Waals surface area contributed by atoms with Gasteiger partial charge in [0.1, 0.15) is 0 Å². The zero-order valence-corrected chi connectivity index (χ0v) is 12.0. The van der Waals surface area contributed by atoms with E-state index in [1.165, 1.54) is 18.3 Å². The molecule has 0 unspecified atom stereocenters. The van der Waals surface area contributed by atoms with E-state index in [1.807, 2.05) is 6.07 Å². The standard InChI is InChI=1S/C13H15N5O2S/c14-6-5-11-1-3-13(4-2-11)21(19,20)17-7-8-18-10-12(15)9-16-18/h1-4,9-10,17H,5,7-8,15H2. The van der Waals surface area contributed by atoms with Crippen molar-refractivity contribution in [3.63, 3.8) is 0 Å². The zero-order chi connectivity index (χ0) is 15.3. The first-order valence-electron chi connectivity index (χ1n) is 6.25. The van der Waals surface area contributed by atoms with Crippen molar-refractivity contribution in [1.82, 2.24) is 14.5 Å². The minimum Gasteiger partial charge on any atom is -0.396 e. The third-order valence-electron chi connectivity index (χ3n) is 2.80. The number of hydrogen-bond acceptors (Lipinski definition) is 5. The summed E-state index contributed by atoms with van der Waals surface area (Å²) in [6.45, 7) is 0.604. The summed E-state index contributed by atoms with van der Waals surface area (Å²) in [6.07, 6.45) is 3.39. The summed E-state index contributed by atoms with van der Waals surface area (Å²) in [5, 5.41) is 12.5. The van der Waals surface area contributed by atoms with Gasteiger partial charge in [-0.25, -0.2) is 13.1 Å². The summed E-state index contributed by atoms with van der Waals surface area (Å²) in [7, 11) is -3.56. The maximum atomic E-state index is 12.1. The number of sulfonamides is 1. The molecule has 3 N–H and O–H groups in total. The molecule has 0 aliphatic rings. The fourth-order valence-electron chi connectivity index (χ4n) is 1.76. The summed E-state index contributed by atoms with van der Waals surface area (Å²) in [5.41, 5.74) is 6.84. The molecule has 0 atom stereocenters. The highest BCUT2D eigenvalue weighted by molar-refractivity contribution is 7.89. The number of nitrogens with one attached hydrogen (secondary N) is 1. The van der Waals surface area contributed by atoms with Crippen LogP contribution in [-0.2, 0) is 23.0 Å². The Labute approximate surface area is 123 Å². The summed E-state index contributed by atoms with van der Waals surface area (Å²) >= 11 is 0. The van der Waals surface area contributed by atoms with E-state index in [0.29, 0.717) is 12.2 Å². The van der Waals surface area contributed by atoms with Crippen LogP contribution in [0.5, 0.6) is 0 Å². The second-order valence-corrected chi connectivity index (χ2v) is 6.18. The van der Waals surface area contributed by atoms with Crippen molar-refractivity contribution < 1.29 is 8.42 Å². The molecule has 8 heteroatoms. The Hall–Kier alpha value is -2.37. The second-order valence-electron chi connectivity index (χ2n) is 4.41. The van der Waals surface area contributed by atoms with E-state index in [4.69, 9.17) is 11.0 Å². The monoisotopic (exact) mass is 305 g/mol. The first kappa shape index (κ1) is 15.0. The molecule has 0 bridgehead atoms. The molecular formula is C13H15N5O2S. The van der Waals surface area contributed by atoms with Gasteiger partial charge in [-0.15, -0.1) is 0 Å². The molecule has 0 aliphatic heterocycles. The summed E-state index contributed by atoms with van der Waals surface area (Å²) in [6, 6.07) is 8.25. The van der Waals surface area contributed by atoms with E-state index in [-0.39, 0.29) is 17.9 Å². The Bertz CT molecular complexity index is 744. The fourth-order valence-corrected chi connectivity index (χ4v) is 2.78. The molecule has 0 saturated carbocycles. The van der Waals surface area contributed by atoms with Crippen LogP contribution in [0.15, 0.2) is 41.6 Å². The average Bonchev–Trinajstić information content (AvgIpc) is 2.85. The largest absolute Gasteiger partial charge is 0.396 e. The molecule has 2 rings (SSSR count). The van der Waals surface area contributed by atoms with Crippen molar-refractivity contribution in [3.05, 3.63) is 42.2 Å². The van der Waals surface area contributed by atoms with E-state index in [9.17, 15) is 8.42 Å². The van der Waals surface area contributed by atoms with Gasteiger partial charge in [-0.1, -0.05) is 12.1 Å². The van der Waals surface area contributed by atoms with Gasteiger partial charge < -0.3 is 5.73 Å². The predicted molar refractivity (Wildman–Crippen MR) is 77.6 cm³/mol. The van der Waals surface area contributed by atoms with Crippen LogP contribution >= 0.6 is 0 Å². The van der Waals surface area contributed by atoms with E-state index >= 15 is 0 Å². The van der Waals surface area contributed by atoms with Crippen LogP contribution < -0.4 is 10.5 Å². The minimum absolute atomic E-state index is 0.171. The Morgan fingerprint density at radius 1 is 1.33 bits per heavy atom. The van der Waals surface area contributed by atoms with Crippen LogP contribution in [0, 0.1) is 11.3 Å². The minimum atomic E-state index is -3.56. The van der Waals surface area contributed by atoms with Crippen LogP contribution in [-0.4, -0.2) is 24.7 Å². The molecule has 7 nitrogen and oxygen atoms in total. The Morgan fingerprint density at radius 3 is 2.62 bits per heavy atom. The number of nitrogen functional groups attached to an aromatic ring is 1. The van der Waals surface area contributed by atoms with Gasteiger partial charge in [-0.05, 0) is 17.7 Å². The predicted octanol–water partition coefficient (Wildman–Crippen LogP) is 0.510. The summed E-state index contributed by atoms with van der Waals surface area (Å²) < 4.78 is 28.2. The lowest BCUT2D eigenvalue weighted by Gasteiger charge is -2.07. The molecule has 0 saturated heterocycles. The highest BCUT2D eigenvalue weighted by Gasteiger charge is 2.13. The number of benzene rings is 1. The van der Waals surface area contributed by atoms with E-state index in [2.05, 4.69) is 9.82 Å². The Kier molecular flexibility index (Phi) is 4.57. The third kappa shape index (κ3) is 4.05. The highest BCUT2D eigenvalue weighted by atomic mass is 32.2. The van der Waals surface area contributed by atoms with Crippen LogP contribution in [0.25, 0.3) is 0 Å². The molecule has 21 heavy (non-hydrogen) atoms. The lowest BCUT2D eigenvalue weighted by molar-refractivity contribution is 0.561. The smallest absolute Gasteiger partial charge is 0.240 e. The normalized spacial score (nSPS) is 11.2. The molecular weight excluding hydrogens is 290 g/mol. The first-order valence-corrected chi connectivity index (χ1v) is 7.73. The molecule has 1 aromatic heterocycles. The molecule has 110 valence electrons. The highest BCUT2D eigenvalue weighted by Crippen LogP contribution is 2.10. The van der Waals surface area contributed by atoms with Crippen molar-refractivity contribution in [2.75, 3.05) is 12.3 Å². The van der Waals surface area contributed by atoms with Crippen molar-refractivity contribution in [2.24, 2.45) is 0 Å². The van der Waals surface area contributed by atoms with Crippen molar-refractivity contribution in [2.45, 2.75) is 17.9 Å². The van der Waals surface area contributed by atoms with Crippen LogP contribution in [0.3, 0.4) is 0 Å². The van der Waals surface area contributed by atoms with Crippen molar-refractivity contribution in [3.8, 4) is 6.07 Å². The number of aromatic nitrogens is 2. The van der Waals surface area contributed by atoms with Crippen LogP contribution in [0.2, 0.25) is 0 Å². The van der Waals surface area contributed by atoms with Gasteiger partial charge in [-0.3, -0.25) is 4.68 Å². The molecule has 1 aromatic carbocycles. The van der Waals surface area contributed by atoms with Gasteiger partial charge in [0, 0.05) is 12.7 Å². The molecule has 0 radical (unpaired) electrons.